The molecule has 0 radical (unpaired) electrons. The van der Waals surface area contributed by atoms with Crippen LogP contribution in [0.2, 0.25) is 0 Å². The third kappa shape index (κ3) is 5.54. The largest absolute Gasteiger partial charge is 0.357 e. The lowest BCUT2D eigenvalue weighted by Gasteiger charge is -2.18. The molecular formula is C20H28IN5O. The molecule has 0 saturated carbocycles. The fourth-order valence-corrected chi connectivity index (χ4v) is 3.30. The zero-order chi connectivity index (χ0) is 18.4. The third-order valence-corrected chi connectivity index (χ3v) is 4.65. The summed E-state index contributed by atoms with van der Waals surface area (Å²) < 4.78 is 0. The van der Waals surface area contributed by atoms with Crippen molar-refractivity contribution in [2.24, 2.45) is 4.99 Å². The summed E-state index contributed by atoms with van der Waals surface area (Å²) in [5, 5.41) is 7.90. The second-order valence-electron chi connectivity index (χ2n) is 6.51. The Morgan fingerprint density at radius 1 is 1.30 bits per heavy atom. The van der Waals surface area contributed by atoms with E-state index in [9.17, 15) is 4.79 Å². The molecule has 7 heteroatoms. The molecule has 3 rings (SSSR count). The smallest absolute Gasteiger partial charge is 0.222 e. The minimum atomic E-state index is 0. The van der Waals surface area contributed by atoms with Crippen molar-refractivity contribution in [1.29, 1.82) is 0 Å². The van der Waals surface area contributed by atoms with Gasteiger partial charge in [0.1, 0.15) is 0 Å². The first-order chi connectivity index (χ1) is 12.7. The maximum Gasteiger partial charge on any atom is 0.222 e. The molecule has 1 aliphatic heterocycles. The number of carbonyl (C=O) groups excluding carboxylic acids is 1. The summed E-state index contributed by atoms with van der Waals surface area (Å²) in [6, 6.07) is 10.4. The lowest BCUT2D eigenvalue weighted by molar-refractivity contribution is -0.129. The van der Waals surface area contributed by atoms with Gasteiger partial charge >= 0.3 is 0 Å². The Morgan fingerprint density at radius 2 is 2.11 bits per heavy atom. The van der Waals surface area contributed by atoms with Crippen LogP contribution in [-0.4, -0.2) is 47.4 Å². The Labute approximate surface area is 177 Å². The zero-order valence-electron chi connectivity index (χ0n) is 15.9. The van der Waals surface area contributed by atoms with Crippen molar-refractivity contribution in [2.75, 3.05) is 19.6 Å². The van der Waals surface area contributed by atoms with Crippen LogP contribution in [0.3, 0.4) is 0 Å². The topological polar surface area (TPSA) is 69.6 Å². The van der Waals surface area contributed by atoms with Crippen molar-refractivity contribution < 1.29 is 4.79 Å². The summed E-state index contributed by atoms with van der Waals surface area (Å²) in [4.78, 5) is 23.0. The van der Waals surface area contributed by atoms with Crippen molar-refractivity contribution in [3.63, 3.8) is 0 Å². The standard InChI is InChI=1S/C20H27N5O.HI/c1-3-18(26)25-12-10-17(14-25)24-20(21-4-2)23-13-16-8-5-7-15-9-6-11-22-19(15)16;/h5-9,11,17H,3-4,10,12-14H2,1-2H3,(H2,21,23,24);1H. The summed E-state index contributed by atoms with van der Waals surface area (Å²) >= 11 is 0. The van der Waals surface area contributed by atoms with Gasteiger partial charge in [-0.05, 0) is 25.0 Å². The lowest BCUT2D eigenvalue weighted by Crippen LogP contribution is -2.45. The molecule has 1 aromatic carbocycles. The average molecular weight is 481 g/mol. The number of guanidine groups is 1. The minimum Gasteiger partial charge on any atom is -0.357 e. The molecule has 1 atom stereocenters. The van der Waals surface area contributed by atoms with E-state index >= 15 is 0 Å². The lowest BCUT2D eigenvalue weighted by atomic mass is 10.1. The van der Waals surface area contributed by atoms with Gasteiger partial charge in [0.25, 0.3) is 0 Å². The predicted octanol–water partition coefficient (Wildman–Crippen LogP) is 2.92. The molecule has 1 saturated heterocycles. The number of aromatic nitrogens is 1. The molecule has 1 unspecified atom stereocenters. The molecule has 2 N–H and O–H groups in total. The second-order valence-corrected chi connectivity index (χ2v) is 6.51. The number of hydrogen-bond donors (Lipinski definition) is 2. The van der Waals surface area contributed by atoms with Crippen LogP contribution in [0.15, 0.2) is 41.5 Å². The fourth-order valence-electron chi connectivity index (χ4n) is 3.30. The van der Waals surface area contributed by atoms with Gasteiger partial charge in [0, 0.05) is 43.7 Å². The van der Waals surface area contributed by atoms with Crippen molar-refractivity contribution in [2.45, 2.75) is 39.3 Å². The normalized spacial score (nSPS) is 16.9. The SMILES string of the molecule is CCNC(=NCc1cccc2cccnc12)NC1CCN(C(=O)CC)C1.I. The molecule has 2 heterocycles. The highest BCUT2D eigenvalue weighted by Crippen LogP contribution is 2.16. The number of carbonyl (C=O) groups is 1. The molecule has 1 amide bonds. The van der Waals surface area contributed by atoms with Crippen LogP contribution in [0.4, 0.5) is 0 Å². The van der Waals surface area contributed by atoms with E-state index in [-0.39, 0.29) is 35.9 Å². The summed E-state index contributed by atoms with van der Waals surface area (Å²) in [5.41, 5.74) is 2.10. The van der Waals surface area contributed by atoms with Crippen molar-refractivity contribution in [1.82, 2.24) is 20.5 Å². The van der Waals surface area contributed by atoms with Gasteiger partial charge in [-0.3, -0.25) is 9.78 Å². The Hall–Kier alpha value is -1.90. The molecule has 1 aromatic heterocycles. The number of amides is 1. The van der Waals surface area contributed by atoms with E-state index < -0.39 is 0 Å². The second kappa shape index (κ2) is 10.4. The van der Waals surface area contributed by atoms with Crippen molar-refractivity contribution in [3.05, 3.63) is 42.1 Å². The number of benzene rings is 1. The molecule has 6 nitrogen and oxygen atoms in total. The highest BCUT2D eigenvalue weighted by atomic mass is 127. The molecule has 0 bridgehead atoms. The van der Waals surface area contributed by atoms with Crippen LogP contribution in [0.25, 0.3) is 10.9 Å². The maximum absolute atomic E-state index is 11.9. The molecule has 0 aliphatic carbocycles. The van der Waals surface area contributed by atoms with E-state index in [2.05, 4.69) is 40.7 Å². The molecule has 27 heavy (non-hydrogen) atoms. The van der Waals surface area contributed by atoms with E-state index in [0.29, 0.717) is 13.0 Å². The quantitative estimate of drug-likeness (QED) is 0.392. The first kappa shape index (κ1) is 21.4. The van der Waals surface area contributed by atoms with Gasteiger partial charge in [-0.25, -0.2) is 4.99 Å². The number of aliphatic imine (C=N–C) groups is 1. The van der Waals surface area contributed by atoms with Gasteiger partial charge in [0.15, 0.2) is 5.96 Å². The molecule has 1 aliphatic rings. The van der Waals surface area contributed by atoms with Crippen molar-refractivity contribution >= 4 is 46.7 Å². The number of nitrogens with one attached hydrogen (secondary N) is 2. The van der Waals surface area contributed by atoms with Gasteiger partial charge in [-0.1, -0.05) is 31.2 Å². The highest BCUT2D eigenvalue weighted by molar-refractivity contribution is 14.0. The Kier molecular flexibility index (Phi) is 8.27. The average Bonchev–Trinajstić information content (AvgIpc) is 3.14. The van der Waals surface area contributed by atoms with E-state index in [1.807, 2.05) is 30.2 Å². The van der Waals surface area contributed by atoms with Crippen LogP contribution in [-0.2, 0) is 11.3 Å². The Bertz CT molecular complexity index is 790. The number of likely N-dealkylation sites (tertiary alicyclic amines) is 1. The number of para-hydroxylation sites is 1. The fraction of sp³-hybridized carbons (Fsp3) is 0.450. The number of halogens is 1. The highest BCUT2D eigenvalue weighted by Gasteiger charge is 2.25. The predicted molar refractivity (Wildman–Crippen MR) is 120 cm³/mol. The van der Waals surface area contributed by atoms with Crippen molar-refractivity contribution in [3.8, 4) is 0 Å². The zero-order valence-corrected chi connectivity index (χ0v) is 18.3. The molecule has 1 fully saturated rings. The van der Waals surface area contributed by atoms with Gasteiger partial charge < -0.3 is 15.5 Å². The summed E-state index contributed by atoms with van der Waals surface area (Å²) in [5.74, 6) is 1.01. The third-order valence-electron chi connectivity index (χ3n) is 4.65. The monoisotopic (exact) mass is 481 g/mol. The summed E-state index contributed by atoms with van der Waals surface area (Å²) in [6.45, 7) is 6.88. The number of pyridine rings is 1. The minimum absolute atomic E-state index is 0. The number of fused-ring (bicyclic) bond motifs is 1. The number of nitrogens with zero attached hydrogens (tertiary/aromatic N) is 3. The number of hydrogen-bond acceptors (Lipinski definition) is 3. The van der Waals surface area contributed by atoms with Gasteiger partial charge in [-0.15, -0.1) is 24.0 Å². The number of rotatable bonds is 5. The maximum atomic E-state index is 11.9. The van der Waals surface area contributed by atoms with Gasteiger partial charge in [0.2, 0.25) is 5.91 Å². The van der Waals surface area contributed by atoms with E-state index in [4.69, 9.17) is 4.99 Å². The van der Waals surface area contributed by atoms with Crippen LogP contribution in [0, 0.1) is 0 Å². The van der Waals surface area contributed by atoms with E-state index in [1.165, 1.54) is 0 Å². The van der Waals surface area contributed by atoms with Crippen LogP contribution >= 0.6 is 24.0 Å². The van der Waals surface area contributed by atoms with Crippen LogP contribution in [0.1, 0.15) is 32.3 Å². The molecule has 146 valence electrons. The summed E-state index contributed by atoms with van der Waals surface area (Å²) in [6.07, 6.45) is 3.33. The first-order valence-electron chi connectivity index (χ1n) is 9.36. The first-order valence-corrected chi connectivity index (χ1v) is 9.36. The van der Waals surface area contributed by atoms with Crippen LogP contribution in [0.5, 0.6) is 0 Å². The van der Waals surface area contributed by atoms with E-state index in [1.54, 1.807) is 0 Å². The van der Waals surface area contributed by atoms with Gasteiger partial charge in [0.05, 0.1) is 12.1 Å². The Balaban J connectivity index is 0.00000261. The molecule has 2 aromatic rings. The Morgan fingerprint density at radius 3 is 2.89 bits per heavy atom. The van der Waals surface area contributed by atoms with Gasteiger partial charge in [-0.2, -0.15) is 0 Å². The van der Waals surface area contributed by atoms with Crippen LogP contribution < -0.4 is 10.6 Å². The summed E-state index contributed by atoms with van der Waals surface area (Å²) in [7, 11) is 0. The molecular weight excluding hydrogens is 453 g/mol. The molecule has 0 spiro atoms. The van der Waals surface area contributed by atoms with E-state index in [0.717, 1.165) is 48.5 Å².